The highest BCUT2D eigenvalue weighted by molar-refractivity contribution is 5.93. The summed E-state index contributed by atoms with van der Waals surface area (Å²) in [6.45, 7) is 11.8. The predicted molar refractivity (Wildman–Crippen MR) is 131 cm³/mol. The molecule has 2 aliphatic heterocycles. The van der Waals surface area contributed by atoms with Crippen LogP contribution in [0.1, 0.15) is 39.8 Å². The maximum Gasteiger partial charge on any atom is 0.224 e. The number of carbonyl (C=O) groups is 1. The van der Waals surface area contributed by atoms with Gasteiger partial charge in [0.2, 0.25) is 5.91 Å². The molecule has 2 heterocycles. The lowest BCUT2D eigenvalue weighted by Crippen LogP contribution is -2.18. The lowest BCUT2D eigenvalue weighted by atomic mass is 10.0. The number of fused-ring (bicyclic) bond motifs is 2. The number of ether oxygens (including phenoxy) is 2. The summed E-state index contributed by atoms with van der Waals surface area (Å²) >= 11 is 0. The molecule has 1 amide bonds. The van der Waals surface area contributed by atoms with E-state index in [1.54, 1.807) is 0 Å². The van der Waals surface area contributed by atoms with E-state index >= 15 is 0 Å². The quantitative estimate of drug-likeness (QED) is 0.457. The zero-order chi connectivity index (χ0) is 23.1. The van der Waals surface area contributed by atoms with Gasteiger partial charge in [-0.3, -0.25) is 4.79 Å². The highest BCUT2D eigenvalue weighted by atomic mass is 16.6. The Kier molecular flexibility index (Phi) is 7.93. The van der Waals surface area contributed by atoms with Crippen molar-refractivity contribution in [1.29, 1.82) is 0 Å². The molecule has 4 nitrogen and oxygen atoms in total. The van der Waals surface area contributed by atoms with Gasteiger partial charge in [0.05, 0.1) is 0 Å². The van der Waals surface area contributed by atoms with Crippen LogP contribution in [0.5, 0.6) is 11.5 Å². The molecular formula is C28H33NO3. The van der Waals surface area contributed by atoms with Crippen LogP contribution in [0.15, 0.2) is 54.6 Å². The summed E-state index contributed by atoms with van der Waals surface area (Å²) in [6, 6.07) is 18.7. The Hall–Kier alpha value is -3.27. The van der Waals surface area contributed by atoms with E-state index in [-0.39, 0.29) is 5.91 Å². The molecular weight excluding hydrogens is 398 g/mol. The largest absolute Gasteiger partial charge is 0.486 e. The molecule has 0 radical (unpaired) electrons. The van der Waals surface area contributed by atoms with Gasteiger partial charge in [-0.2, -0.15) is 0 Å². The first-order chi connectivity index (χ1) is 15.3. The molecule has 0 aliphatic carbocycles. The van der Waals surface area contributed by atoms with Crippen molar-refractivity contribution in [3.8, 4) is 11.5 Å². The summed E-state index contributed by atoms with van der Waals surface area (Å²) in [4.78, 5) is 11.0. The smallest absolute Gasteiger partial charge is 0.224 e. The van der Waals surface area contributed by atoms with Gasteiger partial charge in [-0.05, 0) is 87.1 Å². The number of aryl methyl sites for hydroxylation is 6. The molecule has 0 saturated heterocycles. The van der Waals surface area contributed by atoms with Crippen molar-refractivity contribution in [2.75, 3.05) is 18.5 Å². The van der Waals surface area contributed by atoms with Crippen LogP contribution in [0.2, 0.25) is 0 Å². The molecule has 0 saturated carbocycles. The lowest BCUT2D eigenvalue weighted by molar-refractivity contribution is -0.116. The predicted octanol–water partition coefficient (Wildman–Crippen LogP) is 6.26. The van der Waals surface area contributed by atoms with E-state index in [4.69, 9.17) is 9.47 Å². The molecule has 0 atom stereocenters. The van der Waals surface area contributed by atoms with Gasteiger partial charge in [0.25, 0.3) is 0 Å². The molecule has 32 heavy (non-hydrogen) atoms. The van der Waals surface area contributed by atoms with Crippen molar-refractivity contribution in [2.45, 2.75) is 47.5 Å². The van der Waals surface area contributed by atoms with Crippen LogP contribution < -0.4 is 14.8 Å². The van der Waals surface area contributed by atoms with Gasteiger partial charge in [0.15, 0.2) is 11.5 Å². The Morgan fingerprint density at radius 1 is 0.656 bits per heavy atom. The number of amides is 1. The second kappa shape index (κ2) is 10.9. The summed E-state index contributed by atoms with van der Waals surface area (Å²) in [5, 5.41) is 2.86. The average molecular weight is 432 g/mol. The van der Waals surface area contributed by atoms with Crippen molar-refractivity contribution in [1.82, 2.24) is 0 Å². The summed E-state index contributed by atoms with van der Waals surface area (Å²) in [7, 11) is 0. The molecule has 168 valence electrons. The second-order valence-corrected chi connectivity index (χ2v) is 8.44. The van der Waals surface area contributed by atoms with E-state index in [0.29, 0.717) is 19.6 Å². The van der Waals surface area contributed by atoms with Crippen LogP contribution in [0, 0.1) is 34.6 Å². The monoisotopic (exact) mass is 431 g/mol. The SMILES string of the molecule is Cc1ccc(C)c(C)c1.Cc1ccc2c(c1)NC(=O)CC2.Cc1ccc2c(c1)OCCO2. The Morgan fingerprint density at radius 2 is 1.28 bits per heavy atom. The Labute approximate surface area is 191 Å². The van der Waals surface area contributed by atoms with Crippen LogP contribution in [-0.4, -0.2) is 19.1 Å². The maximum absolute atomic E-state index is 11.0. The van der Waals surface area contributed by atoms with E-state index in [9.17, 15) is 4.79 Å². The number of carbonyl (C=O) groups excluding carboxylic acids is 1. The molecule has 0 aromatic heterocycles. The fourth-order valence-corrected chi connectivity index (χ4v) is 3.53. The molecule has 4 heteroatoms. The maximum atomic E-state index is 11.0. The van der Waals surface area contributed by atoms with Gasteiger partial charge in [0, 0.05) is 12.1 Å². The lowest BCUT2D eigenvalue weighted by Gasteiger charge is -2.18. The summed E-state index contributed by atoms with van der Waals surface area (Å²) in [6.07, 6.45) is 1.50. The van der Waals surface area contributed by atoms with Gasteiger partial charge in [0.1, 0.15) is 13.2 Å². The third-order valence-corrected chi connectivity index (χ3v) is 5.52. The first-order valence-electron chi connectivity index (χ1n) is 11.1. The van der Waals surface area contributed by atoms with Crippen molar-refractivity contribution < 1.29 is 14.3 Å². The van der Waals surface area contributed by atoms with Gasteiger partial charge in [-0.25, -0.2) is 0 Å². The van der Waals surface area contributed by atoms with E-state index < -0.39 is 0 Å². The normalized spacial score (nSPS) is 13.5. The number of benzene rings is 3. The molecule has 3 aromatic carbocycles. The molecule has 5 rings (SSSR count). The molecule has 0 spiro atoms. The molecule has 0 fully saturated rings. The zero-order valence-corrected chi connectivity index (χ0v) is 19.7. The van der Waals surface area contributed by atoms with Gasteiger partial charge in [-0.1, -0.05) is 42.0 Å². The number of hydrogen-bond donors (Lipinski definition) is 1. The van der Waals surface area contributed by atoms with Crippen molar-refractivity contribution >= 4 is 11.6 Å². The third kappa shape index (κ3) is 6.61. The third-order valence-electron chi connectivity index (χ3n) is 5.52. The van der Waals surface area contributed by atoms with Crippen LogP contribution in [0.25, 0.3) is 0 Å². The minimum atomic E-state index is 0.133. The summed E-state index contributed by atoms with van der Waals surface area (Å²) in [5.41, 5.74) is 8.74. The van der Waals surface area contributed by atoms with Crippen molar-refractivity contribution in [3.63, 3.8) is 0 Å². The fourth-order valence-electron chi connectivity index (χ4n) is 3.53. The highest BCUT2D eigenvalue weighted by Gasteiger charge is 2.13. The van der Waals surface area contributed by atoms with Crippen LogP contribution in [-0.2, 0) is 11.2 Å². The molecule has 0 unspecified atom stereocenters. The zero-order valence-electron chi connectivity index (χ0n) is 19.7. The highest BCUT2D eigenvalue weighted by Crippen LogP contribution is 2.30. The van der Waals surface area contributed by atoms with E-state index in [2.05, 4.69) is 56.4 Å². The minimum Gasteiger partial charge on any atom is -0.486 e. The average Bonchev–Trinajstić information content (AvgIpc) is 2.77. The van der Waals surface area contributed by atoms with Gasteiger partial charge < -0.3 is 14.8 Å². The molecule has 1 N–H and O–H groups in total. The second-order valence-electron chi connectivity index (χ2n) is 8.44. The Balaban J connectivity index is 0.000000137. The van der Waals surface area contributed by atoms with Gasteiger partial charge in [-0.15, -0.1) is 0 Å². The summed E-state index contributed by atoms with van der Waals surface area (Å²) in [5.74, 6) is 1.87. The van der Waals surface area contributed by atoms with E-state index in [0.717, 1.165) is 23.6 Å². The fraction of sp³-hybridized carbons (Fsp3) is 0.321. The standard InChI is InChI=1S/C10H11NO.C9H10O2.C9H12/c1-7-2-3-8-4-5-10(12)11-9(8)6-7;1-7-2-3-8-9(6-7)11-5-4-10-8;1-7-4-5-8(2)9(3)6-7/h2-3,6H,4-5H2,1H3,(H,11,12);2-3,6H,4-5H2,1H3;4-6H,1-3H3. The van der Waals surface area contributed by atoms with Crippen LogP contribution >= 0.6 is 0 Å². The molecule has 0 bridgehead atoms. The minimum absolute atomic E-state index is 0.133. The molecule has 2 aliphatic rings. The van der Waals surface area contributed by atoms with Crippen LogP contribution in [0.4, 0.5) is 5.69 Å². The number of anilines is 1. The molecule has 3 aromatic rings. The van der Waals surface area contributed by atoms with Crippen molar-refractivity contribution in [3.05, 3.63) is 88.0 Å². The number of hydrogen-bond acceptors (Lipinski definition) is 3. The van der Waals surface area contributed by atoms with Gasteiger partial charge >= 0.3 is 0 Å². The van der Waals surface area contributed by atoms with E-state index in [1.807, 2.05) is 38.1 Å². The van der Waals surface area contributed by atoms with E-state index in [1.165, 1.54) is 33.4 Å². The number of nitrogens with one attached hydrogen (secondary N) is 1. The number of rotatable bonds is 0. The summed E-state index contributed by atoms with van der Waals surface area (Å²) < 4.78 is 10.7. The van der Waals surface area contributed by atoms with Crippen LogP contribution in [0.3, 0.4) is 0 Å². The first kappa shape index (κ1) is 23.4. The first-order valence-corrected chi connectivity index (χ1v) is 11.1. The Morgan fingerprint density at radius 3 is 2.00 bits per heavy atom. The topological polar surface area (TPSA) is 47.6 Å². The Bertz CT molecular complexity index is 1090. The van der Waals surface area contributed by atoms with Crippen molar-refractivity contribution in [2.24, 2.45) is 0 Å².